The molecule has 0 aliphatic carbocycles. The van der Waals surface area contributed by atoms with E-state index in [9.17, 15) is 17.6 Å². The summed E-state index contributed by atoms with van der Waals surface area (Å²) >= 11 is 0. The number of methoxy groups -OCH3 is 1. The minimum Gasteiger partial charge on any atom is -0.497 e. The summed E-state index contributed by atoms with van der Waals surface area (Å²) in [5.41, 5.74) is 4.36. The van der Waals surface area contributed by atoms with Crippen molar-refractivity contribution in [3.63, 3.8) is 0 Å². The van der Waals surface area contributed by atoms with Crippen LogP contribution >= 0.6 is 0 Å². The number of sulfone groups is 1. The molecule has 1 heterocycles. The Bertz CT molecular complexity index is 1470. The number of amides is 1. The molecule has 0 spiro atoms. The molecule has 1 aliphatic rings. The number of hydrogen-bond acceptors (Lipinski definition) is 9. The largest absolute Gasteiger partial charge is 0.497 e. The molecule has 2 atom stereocenters. The molecule has 42 heavy (non-hydrogen) atoms. The molecule has 0 saturated carbocycles. The smallest absolute Gasteiger partial charge is 0.266 e. The summed E-state index contributed by atoms with van der Waals surface area (Å²) in [6.45, 7) is -0.523. The van der Waals surface area contributed by atoms with Gasteiger partial charge >= 0.3 is 0 Å². The Morgan fingerprint density at radius 2 is 1.83 bits per heavy atom. The van der Waals surface area contributed by atoms with E-state index < -0.39 is 39.8 Å². The second-order valence-corrected chi connectivity index (χ2v) is 11.6. The molecule has 1 amide bonds. The zero-order valence-corrected chi connectivity index (χ0v) is 24.0. The summed E-state index contributed by atoms with van der Waals surface area (Å²) in [5.74, 6) is 0.124. The van der Waals surface area contributed by atoms with Crippen molar-refractivity contribution in [1.29, 1.82) is 0 Å². The third-order valence-electron chi connectivity index (χ3n) is 6.70. The lowest BCUT2D eigenvalue weighted by Crippen LogP contribution is -2.53. The molecule has 0 bridgehead atoms. The number of alkyl halides is 1. The third kappa shape index (κ3) is 7.25. The molecule has 0 aromatic heterocycles. The number of carbonyl (C=O) groups is 1. The second-order valence-electron chi connectivity index (χ2n) is 9.52. The van der Waals surface area contributed by atoms with Gasteiger partial charge < -0.3 is 19.3 Å². The van der Waals surface area contributed by atoms with E-state index in [1.165, 1.54) is 19.2 Å². The first-order valence-electron chi connectivity index (χ1n) is 13.4. The maximum absolute atomic E-state index is 13.9. The molecule has 3 aromatic rings. The molecule has 3 N–H and O–H groups in total. The van der Waals surface area contributed by atoms with Crippen molar-refractivity contribution in [2.75, 3.05) is 39.3 Å². The molecular formula is C30H34FN3O7S. The van der Waals surface area contributed by atoms with Gasteiger partial charge in [-0.05, 0) is 54.1 Å². The molecule has 4 rings (SSSR count). The van der Waals surface area contributed by atoms with Crippen LogP contribution < -0.4 is 20.3 Å². The fourth-order valence-electron chi connectivity index (χ4n) is 4.51. The van der Waals surface area contributed by atoms with Crippen molar-refractivity contribution < 1.29 is 36.9 Å². The van der Waals surface area contributed by atoms with Crippen LogP contribution in [0, 0.1) is 0 Å². The number of aliphatic hydroxyl groups excluding tert-OH is 1. The van der Waals surface area contributed by atoms with Gasteiger partial charge in [0.2, 0.25) is 5.90 Å². The molecule has 224 valence electrons. The van der Waals surface area contributed by atoms with Crippen molar-refractivity contribution in [3.8, 4) is 11.5 Å². The monoisotopic (exact) mass is 599 g/mol. The molecule has 0 unspecified atom stereocenters. The normalized spacial score (nSPS) is 18.2. The van der Waals surface area contributed by atoms with E-state index in [-0.39, 0.29) is 30.4 Å². The number of hydrazine groups is 1. The number of carbonyl (C=O) groups excluding carboxylic acids is 1. The average molecular weight is 600 g/mol. The molecule has 0 fully saturated rings. The number of aliphatic hydroxyl groups is 1. The van der Waals surface area contributed by atoms with Crippen molar-refractivity contribution in [2.45, 2.75) is 29.4 Å². The Kier molecular flexibility index (Phi) is 10.5. The molecule has 10 nitrogen and oxygen atoms in total. The number of aliphatic imine (C=N–C) groups is 1. The van der Waals surface area contributed by atoms with Crippen LogP contribution in [0.5, 0.6) is 11.5 Å². The SMILES string of the molecule is COc1cccc([C@@H]2OC(c3ccc(OCCCO)cc3)=N[C@]2(CCS(=O)(=O)c2ccccc2)C(=O)NNCCF)c1. The van der Waals surface area contributed by atoms with Gasteiger partial charge in [-0.15, -0.1) is 0 Å². The van der Waals surface area contributed by atoms with Crippen molar-refractivity contribution in [1.82, 2.24) is 10.9 Å². The molecule has 0 radical (unpaired) electrons. The lowest BCUT2D eigenvalue weighted by Gasteiger charge is -2.30. The molecular weight excluding hydrogens is 565 g/mol. The minimum absolute atomic E-state index is 0.0126. The van der Waals surface area contributed by atoms with Gasteiger partial charge in [0.05, 0.1) is 24.4 Å². The Balaban J connectivity index is 1.76. The highest BCUT2D eigenvalue weighted by Crippen LogP contribution is 2.43. The number of nitrogens with one attached hydrogen (secondary N) is 2. The second kappa shape index (κ2) is 14.3. The van der Waals surface area contributed by atoms with E-state index >= 15 is 0 Å². The zero-order chi connectivity index (χ0) is 30.0. The highest BCUT2D eigenvalue weighted by atomic mass is 32.2. The predicted molar refractivity (Wildman–Crippen MR) is 155 cm³/mol. The number of nitrogens with zero attached hydrogens (tertiary/aromatic N) is 1. The Morgan fingerprint density at radius 1 is 1.07 bits per heavy atom. The van der Waals surface area contributed by atoms with Gasteiger partial charge in [-0.25, -0.2) is 23.2 Å². The summed E-state index contributed by atoms with van der Waals surface area (Å²) in [5, 5.41) is 8.99. The summed E-state index contributed by atoms with van der Waals surface area (Å²) < 4.78 is 56.8. The molecule has 0 saturated heterocycles. The summed E-state index contributed by atoms with van der Waals surface area (Å²) in [7, 11) is -2.30. The summed E-state index contributed by atoms with van der Waals surface area (Å²) in [6.07, 6.45) is -0.790. The maximum atomic E-state index is 13.9. The van der Waals surface area contributed by atoms with Gasteiger partial charge in [0.1, 0.15) is 18.2 Å². The van der Waals surface area contributed by atoms with Crippen LogP contribution in [-0.4, -0.2) is 70.2 Å². The van der Waals surface area contributed by atoms with Crippen LogP contribution in [-0.2, 0) is 19.4 Å². The quantitative estimate of drug-likeness (QED) is 0.179. The first-order valence-corrected chi connectivity index (χ1v) is 15.1. The van der Waals surface area contributed by atoms with Crippen LogP contribution in [0.3, 0.4) is 0 Å². The van der Waals surface area contributed by atoms with Crippen LogP contribution in [0.4, 0.5) is 4.39 Å². The van der Waals surface area contributed by atoms with E-state index in [2.05, 4.69) is 10.9 Å². The molecule has 3 aromatic carbocycles. The highest BCUT2D eigenvalue weighted by Gasteiger charge is 2.53. The number of rotatable bonds is 15. The minimum atomic E-state index is -3.81. The number of halogens is 1. The van der Waals surface area contributed by atoms with Crippen LogP contribution in [0.15, 0.2) is 88.8 Å². The van der Waals surface area contributed by atoms with E-state index in [1.807, 2.05) is 0 Å². The van der Waals surface area contributed by atoms with Gasteiger partial charge in [0.15, 0.2) is 21.5 Å². The van der Waals surface area contributed by atoms with Crippen LogP contribution in [0.25, 0.3) is 0 Å². The fourth-order valence-corrected chi connectivity index (χ4v) is 5.90. The highest BCUT2D eigenvalue weighted by molar-refractivity contribution is 7.91. The van der Waals surface area contributed by atoms with Gasteiger partial charge in [-0.3, -0.25) is 10.2 Å². The lowest BCUT2D eigenvalue weighted by molar-refractivity contribution is -0.130. The Hall–Kier alpha value is -4.00. The van der Waals surface area contributed by atoms with E-state index in [0.717, 1.165) is 0 Å². The third-order valence-corrected chi connectivity index (χ3v) is 8.43. The van der Waals surface area contributed by atoms with Crippen molar-refractivity contribution >= 4 is 21.6 Å². The molecule has 12 heteroatoms. The van der Waals surface area contributed by atoms with Gasteiger partial charge in [-0.1, -0.05) is 30.3 Å². The summed E-state index contributed by atoms with van der Waals surface area (Å²) in [4.78, 5) is 18.7. The Labute approximate surface area is 244 Å². The number of benzene rings is 3. The first-order chi connectivity index (χ1) is 20.3. The fraction of sp³-hybridized carbons (Fsp3) is 0.333. The van der Waals surface area contributed by atoms with Crippen molar-refractivity contribution in [3.05, 3.63) is 90.0 Å². The van der Waals surface area contributed by atoms with E-state index in [0.29, 0.717) is 35.7 Å². The predicted octanol–water partition coefficient (Wildman–Crippen LogP) is 3.17. The first kappa shape index (κ1) is 30.9. The summed E-state index contributed by atoms with van der Waals surface area (Å²) in [6, 6.07) is 21.7. The van der Waals surface area contributed by atoms with Crippen LogP contribution in [0.1, 0.15) is 30.1 Å². The maximum Gasteiger partial charge on any atom is 0.266 e. The van der Waals surface area contributed by atoms with Crippen LogP contribution in [0.2, 0.25) is 0 Å². The standard InChI is InChI=1S/C30H34FN3O7S/c1-39-25-8-5-7-23(21-25)27-30(29(36)34-32-17-16-31,15-20-42(37,38)26-9-3-2-4-10-26)33-28(41-27)22-11-13-24(14-12-22)40-19-6-18-35/h2-5,7-14,21,27,32,35H,6,15-20H2,1H3,(H,34,36)/t27-,30-/m0/s1. The zero-order valence-electron chi connectivity index (χ0n) is 23.2. The van der Waals surface area contributed by atoms with Crippen molar-refractivity contribution in [2.24, 2.45) is 4.99 Å². The van der Waals surface area contributed by atoms with Gasteiger partial charge in [0.25, 0.3) is 5.91 Å². The van der Waals surface area contributed by atoms with E-state index in [1.54, 1.807) is 66.7 Å². The Morgan fingerprint density at radius 3 is 2.52 bits per heavy atom. The number of ether oxygens (including phenoxy) is 3. The number of hydrogen-bond donors (Lipinski definition) is 3. The van der Waals surface area contributed by atoms with Gasteiger partial charge in [0, 0.05) is 31.6 Å². The lowest BCUT2D eigenvalue weighted by atomic mass is 9.85. The average Bonchev–Trinajstić information content (AvgIpc) is 3.42. The molecule has 1 aliphatic heterocycles. The van der Waals surface area contributed by atoms with E-state index in [4.69, 9.17) is 24.3 Å². The topological polar surface area (TPSA) is 136 Å². The van der Waals surface area contributed by atoms with Gasteiger partial charge in [-0.2, -0.15) is 0 Å².